The Labute approximate surface area is 106 Å². The summed E-state index contributed by atoms with van der Waals surface area (Å²) in [5.41, 5.74) is 0. The molecule has 1 aromatic heterocycles. The first-order valence-corrected chi connectivity index (χ1v) is 6.09. The van der Waals surface area contributed by atoms with Gasteiger partial charge in [0.1, 0.15) is 17.7 Å². The Kier molecular flexibility index (Phi) is 4.09. The second-order valence-electron chi connectivity index (χ2n) is 4.52. The number of anilines is 1. The van der Waals surface area contributed by atoms with Gasteiger partial charge in [-0.15, -0.1) is 0 Å². The summed E-state index contributed by atoms with van der Waals surface area (Å²) < 4.78 is 5.35. The van der Waals surface area contributed by atoms with Crippen LogP contribution in [0.1, 0.15) is 18.7 Å². The fraction of sp³-hybridized carbons (Fsp3) is 0.583. The van der Waals surface area contributed by atoms with Crippen LogP contribution in [0, 0.1) is 6.92 Å². The fourth-order valence-electron chi connectivity index (χ4n) is 1.91. The van der Waals surface area contributed by atoms with Gasteiger partial charge in [0.05, 0.1) is 0 Å². The number of carbonyl (C=O) groups excluding carboxylic acids is 1. The molecule has 0 aliphatic carbocycles. The standard InChI is InChI=1S/C12H18N4O2/c1-9-13-6-3-11(14-9)15-12(17)18-10-4-7-16(2)8-5-10/h3,6,10H,4-5,7-8H2,1-2H3,(H,13,14,15,17). The van der Waals surface area contributed by atoms with Crippen LogP contribution in [0.15, 0.2) is 12.3 Å². The minimum absolute atomic E-state index is 0.00383. The van der Waals surface area contributed by atoms with Crippen molar-refractivity contribution in [3.8, 4) is 0 Å². The highest BCUT2D eigenvalue weighted by molar-refractivity contribution is 5.83. The number of carbonyl (C=O) groups is 1. The summed E-state index contributed by atoms with van der Waals surface area (Å²) in [7, 11) is 2.07. The first-order chi connectivity index (χ1) is 8.63. The van der Waals surface area contributed by atoms with Crippen molar-refractivity contribution in [3.05, 3.63) is 18.1 Å². The van der Waals surface area contributed by atoms with Crippen LogP contribution < -0.4 is 5.32 Å². The van der Waals surface area contributed by atoms with Crippen LogP contribution in [0.3, 0.4) is 0 Å². The van der Waals surface area contributed by atoms with E-state index in [-0.39, 0.29) is 6.10 Å². The third-order valence-corrected chi connectivity index (χ3v) is 2.95. The van der Waals surface area contributed by atoms with Gasteiger partial charge >= 0.3 is 6.09 Å². The van der Waals surface area contributed by atoms with Crippen molar-refractivity contribution in [1.29, 1.82) is 0 Å². The van der Waals surface area contributed by atoms with Gasteiger partial charge in [0, 0.05) is 19.3 Å². The van der Waals surface area contributed by atoms with Crippen molar-refractivity contribution in [2.45, 2.75) is 25.9 Å². The highest BCUT2D eigenvalue weighted by atomic mass is 16.6. The van der Waals surface area contributed by atoms with E-state index in [1.165, 1.54) is 0 Å². The average molecular weight is 250 g/mol. The van der Waals surface area contributed by atoms with E-state index in [1.54, 1.807) is 19.2 Å². The summed E-state index contributed by atoms with van der Waals surface area (Å²) in [5.74, 6) is 1.09. The van der Waals surface area contributed by atoms with Crippen LogP contribution in [0.5, 0.6) is 0 Å². The van der Waals surface area contributed by atoms with Gasteiger partial charge in [-0.1, -0.05) is 0 Å². The molecule has 1 aliphatic rings. The number of likely N-dealkylation sites (tertiary alicyclic amines) is 1. The lowest BCUT2D eigenvalue weighted by Gasteiger charge is -2.28. The summed E-state index contributed by atoms with van der Waals surface area (Å²) >= 11 is 0. The molecule has 98 valence electrons. The minimum atomic E-state index is -0.442. The molecule has 0 spiro atoms. The number of aromatic nitrogens is 2. The molecule has 0 bridgehead atoms. The highest BCUT2D eigenvalue weighted by Crippen LogP contribution is 2.13. The van der Waals surface area contributed by atoms with E-state index >= 15 is 0 Å². The molecule has 1 aliphatic heterocycles. The molecular formula is C12H18N4O2. The Morgan fingerprint density at radius 2 is 2.22 bits per heavy atom. The Morgan fingerprint density at radius 3 is 2.89 bits per heavy atom. The van der Waals surface area contributed by atoms with Gasteiger partial charge in [0.15, 0.2) is 0 Å². The summed E-state index contributed by atoms with van der Waals surface area (Å²) in [6, 6.07) is 1.64. The van der Waals surface area contributed by atoms with E-state index in [2.05, 4.69) is 27.2 Å². The zero-order valence-corrected chi connectivity index (χ0v) is 10.7. The first-order valence-electron chi connectivity index (χ1n) is 6.09. The molecule has 0 saturated carbocycles. The largest absolute Gasteiger partial charge is 0.446 e. The topological polar surface area (TPSA) is 67.3 Å². The third kappa shape index (κ3) is 3.66. The maximum atomic E-state index is 11.7. The van der Waals surface area contributed by atoms with Crippen LogP contribution in [-0.2, 0) is 4.74 Å². The summed E-state index contributed by atoms with van der Waals surface area (Å²) in [6.45, 7) is 3.70. The van der Waals surface area contributed by atoms with Gasteiger partial charge in [0.25, 0.3) is 0 Å². The molecule has 2 heterocycles. The SMILES string of the molecule is Cc1nccc(NC(=O)OC2CCN(C)CC2)n1. The fourth-order valence-corrected chi connectivity index (χ4v) is 1.91. The maximum Gasteiger partial charge on any atom is 0.413 e. The van der Waals surface area contributed by atoms with Gasteiger partial charge in [0.2, 0.25) is 0 Å². The molecule has 1 fully saturated rings. The van der Waals surface area contributed by atoms with Crippen LogP contribution in [0.25, 0.3) is 0 Å². The van der Waals surface area contributed by atoms with Crippen molar-refractivity contribution in [1.82, 2.24) is 14.9 Å². The monoisotopic (exact) mass is 250 g/mol. The summed E-state index contributed by atoms with van der Waals surface area (Å²) in [5, 5.41) is 2.62. The predicted octanol–water partition coefficient (Wildman–Crippen LogP) is 1.43. The summed E-state index contributed by atoms with van der Waals surface area (Å²) in [6.07, 6.45) is 2.93. The number of amides is 1. The number of ether oxygens (including phenoxy) is 1. The zero-order valence-electron chi connectivity index (χ0n) is 10.7. The number of nitrogens with one attached hydrogen (secondary N) is 1. The Morgan fingerprint density at radius 1 is 1.50 bits per heavy atom. The highest BCUT2D eigenvalue weighted by Gasteiger charge is 2.20. The maximum absolute atomic E-state index is 11.7. The van der Waals surface area contributed by atoms with E-state index in [1.807, 2.05) is 0 Å². The number of piperidine rings is 1. The van der Waals surface area contributed by atoms with E-state index in [0.29, 0.717) is 11.6 Å². The number of rotatable bonds is 2. The molecule has 0 radical (unpaired) electrons. The van der Waals surface area contributed by atoms with E-state index in [4.69, 9.17) is 4.74 Å². The average Bonchev–Trinajstić information content (AvgIpc) is 2.32. The summed E-state index contributed by atoms with van der Waals surface area (Å²) in [4.78, 5) is 21.9. The van der Waals surface area contributed by atoms with Gasteiger partial charge in [-0.2, -0.15) is 0 Å². The predicted molar refractivity (Wildman–Crippen MR) is 67.4 cm³/mol. The van der Waals surface area contributed by atoms with Gasteiger partial charge < -0.3 is 9.64 Å². The second-order valence-corrected chi connectivity index (χ2v) is 4.52. The smallest absolute Gasteiger partial charge is 0.413 e. The van der Waals surface area contributed by atoms with Crippen molar-refractivity contribution < 1.29 is 9.53 Å². The molecule has 1 saturated heterocycles. The Balaban J connectivity index is 1.82. The Bertz CT molecular complexity index is 416. The van der Waals surface area contributed by atoms with Crippen molar-refractivity contribution >= 4 is 11.9 Å². The molecule has 6 heteroatoms. The lowest BCUT2D eigenvalue weighted by molar-refractivity contribution is 0.0661. The van der Waals surface area contributed by atoms with Crippen LogP contribution in [-0.4, -0.2) is 47.2 Å². The Hall–Kier alpha value is -1.69. The minimum Gasteiger partial charge on any atom is -0.446 e. The number of hydrogen-bond donors (Lipinski definition) is 1. The molecule has 2 rings (SSSR count). The van der Waals surface area contributed by atoms with Crippen molar-refractivity contribution in [3.63, 3.8) is 0 Å². The molecule has 0 atom stereocenters. The third-order valence-electron chi connectivity index (χ3n) is 2.95. The molecule has 6 nitrogen and oxygen atoms in total. The lowest BCUT2D eigenvalue weighted by atomic mass is 10.1. The van der Waals surface area contributed by atoms with Gasteiger partial charge in [-0.3, -0.25) is 5.32 Å². The van der Waals surface area contributed by atoms with Crippen LogP contribution >= 0.6 is 0 Å². The van der Waals surface area contributed by atoms with Crippen molar-refractivity contribution in [2.75, 3.05) is 25.5 Å². The van der Waals surface area contributed by atoms with Gasteiger partial charge in [-0.05, 0) is 32.9 Å². The van der Waals surface area contributed by atoms with Crippen LogP contribution in [0.4, 0.5) is 10.6 Å². The molecular weight excluding hydrogens is 232 g/mol. The zero-order chi connectivity index (χ0) is 13.0. The van der Waals surface area contributed by atoms with E-state index in [9.17, 15) is 4.79 Å². The molecule has 1 aromatic rings. The molecule has 18 heavy (non-hydrogen) atoms. The van der Waals surface area contributed by atoms with Crippen molar-refractivity contribution in [2.24, 2.45) is 0 Å². The number of hydrogen-bond acceptors (Lipinski definition) is 5. The molecule has 1 amide bonds. The quantitative estimate of drug-likeness (QED) is 0.860. The first kappa shape index (κ1) is 12.8. The number of aryl methyl sites for hydroxylation is 1. The molecule has 1 N–H and O–H groups in total. The number of nitrogens with zero attached hydrogens (tertiary/aromatic N) is 3. The van der Waals surface area contributed by atoms with Crippen LogP contribution in [0.2, 0.25) is 0 Å². The van der Waals surface area contributed by atoms with Gasteiger partial charge in [-0.25, -0.2) is 14.8 Å². The molecule has 0 unspecified atom stereocenters. The lowest BCUT2D eigenvalue weighted by Crippen LogP contribution is -2.36. The van der Waals surface area contributed by atoms with E-state index in [0.717, 1.165) is 25.9 Å². The molecule has 0 aromatic carbocycles. The normalized spacial score (nSPS) is 17.4. The second kappa shape index (κ2) is 5.77. The van der Waals surface area contributed by atoms with E-state index < -0.39 is 6.09 Å².